The first-order valence-corrected chi connectivity index (χ1v) is 9.01. The Morgan fingerprint density at radius 1 is 1.40 bits per heavy atom. The van der Waals surface area contributed by atoms with Crippen LogP contribution in [0.25, 0.3) is 0 Å². The van der Waals surface area contributed by atoms with Gasteiger partial charge in [0, 0.05) is 62.2 Å². The van der Waals surface area contributed by atoms with Crippen LogP contribution in [0.5, 0.6) is 0 Å². The van der Waals surface area contributed by atoms with Crippen molar-refractivity contribution < 1.29 is 9.53 Å². The van der Waals surface area contributed by atoms with Gasteiger partial charge in [0.2, 0.25) is 5.91 Å². The second-order valence-electron chi connectivity index (χ2n) is 7.42. The van der Waals surface area contributed by atoms with Gasteiger partial charge in [0.1, 0.15) is 0 Å². The molecule has 2 rings (SSSR count). The highest BCUT2D eigenvalue weighted by Crippen LogP contribution is 2.26. The Labute approximate surface area is 150 Å². The molecule has 1 amide bonds. The van der Waals surface area contributed by atoms with Crippen LogP contribution in [0.1, 0.15) is 37.1 Å². The molecule has 6 heteroatoms. The summed E-state index contributed by atoms with van der Waals surface area (Å²) in [6, 6.07) is 0.141. The Morgan fingerprint density at radius 3 is 2.76 bits per heavy atom. The molecule has 2 N–H and O–H groups in total. The minimum absolute atomic E-state index is 0.0410. The van der Waals surface area contributed by atoms with Crippen LogP contribution in [-0.2, 0) is 16.1 Å². The fourth-order valence-electron chi connectivity index (χ4n) is 3.53. The van der Waals surface area contributed by atoms with E-state index in [1.54, 1.807) is 13.3 Å². The lowest BCUT2D eigenvalue weighted by Crippen LogP contribution is -2.42. The molecule has 1 aliphatic heterocycles. The van der Waals surface area contributed by atoms with Gasteiger partial charge in [-0.2, -0.15) is 0 Å². The number of H-pyrrole nitrogens is 1. The summed E-state index contributed by atoms with van der Waals surface area (Å²) in [7, 11) is 1.60. The number of likely N-dealkylation sites (tertiary alicyclic amines) is 1. The number of methoxy groups -OCH3 is 1. The highest BCUT2D eigenvalue weighted by Gasteiger charge is 2.35. The fourth-order valence-corrected chi connectivity index (χ4v) is 3.53. The number of hydrogen-bond acceptors (Lipinski definition) is 4. The molecule has 0 saturated carbocycles. The third kappa shape index (κ3) is 4.92. The zero-order valence-corrected chi connectivity index (χ0v) is 16.0. The maximum Gasteiger partial charge on any atom is 0.222 e. The largest absolute Gasteiger partial charge is 0.384 e. The fraction of sp³-hybridized carbons (Fsp3) is 0.684. The number of carbonyl (C=O) groups is 1. The van der Waals surface area contributed by atoms with Gasteiger partial charge in [-0.25, -0.2) is 0 Å². The van der Waals surface area contributed by atoms with Crippen molar-refractivity contribution in [3.05, 3.63) is 33.2 Å². The number of ether oxygens (including phenoxy) is 1. The summed E-state index contributed by atoms with van der Waals surface area (Å²) >= 11 is 0. The Kier molecular flexibility index (Phi) is 6.79. The van der Waals surface area contributed by atoms with E-state index in [2.05, 4.69) is 29.0 Å². The van der Waals surface area contributed by atoms with Gasteiger partial charge in [-0.1, -0.05) is 13.8 Å². The summed E-state index contributed by atoms with van der Waals surface area (Å²) in [5, 5.41) is 3.16. The van der Waals surface area contributed by atoms with Gasteiger partial charge >= 0.3 is 0 Å². The lowest BCUT2D eigenvalue weighted by atomic mass is 9.91. The molecule has 0 aromatic carbocycles. The van der Waals surface area contributed by atoms with E-state index < -0.39 is 0 Å². The first-order valence-electron chi connectivity index (χ1n) is 9.01. The van der Waals surface area contributed by atoms with Crippen LogP contribution < -0.4 is 10.7 Å². The average molecular weight is 349 g/mol. The lowest BCUT2D eigenvalue weighted by molar-refractivity contribution is -0.122. The molecule has 1 aliphatic rings. The number of rotatable bonds is 7. The minimum atomic E-state index is 0.0410. The maximum absolute atomic E-state index is 12.1. The summed E-state index contributed by atoms with van der Waals surface area (Å²) < 4.78 is 4.98. The van der Waals surface area contributed by atoms with Crippen LogP contribution in [0.4, 0.5) is 0 Å². The number of hydrogen-bond donors (Lipinski definition) is 2. The monoisotopic (exact) mass is 349 g/mol. The molecule has 6 nitrogen and oxygen atoms in total. The van der Waals surface area contributed by atoms with Crippen LogP contribution in [-0.4, -0.2) is 48.6 Å². The summed E-state index contributed by atoms with van der Waals surface area (Å²) in [5.41, 5.74) is 2.60. The number of aryl methyl sites for hydroxylation is 1. The smallest absolute Gasteiger partial charge is 0.222 e. The lowest BCUT2D eigenvalue weighted by Gasteiger charge is -2.22. The van der Waals surface area contributed by atoms with Crippen molar-refractivity contribution in [3.63, 3.8) is 0 Å². The van der Waals surface area contributed by atoms with E-state index in [1.807, 2.05) is 13.8 Å². The van der Waals surface area contributed by atoms with Crippen molar-refractivity contribution >= 4 is 5.91 Å². The van der Waals surface area contributed by atoms with Gasteiger partial charge in [-0.3, -0.25) is 14.5 Å². The Morgan fingerprint density at radius 2 is 2.12 bits per heavy atom. The summed E-state index contributed by atoms with van der Waals surface area (Å²) in [4.78, 5) is 29.8. The van der Waals surface area contributed by atoms with Crippen molar-refractivity contribution in [2.75, 3.05) is 26.8 Å². The normalized spacial score (nSPS) is 21.0. The molecule has 2 unspecified atom stereocenters. The minimum Gasteiger partial charge on any atom is -0.384 e. The number of carbonyl (C=O) groups excluding carboxylic acids is 1. The van der Waals surface area contributed by atoms with Gasteiger partial charge in [0.05, 0.1) is 6.61 Å². The third-order valence-corrected chi connectivity index (χ3v) is 5.17. The number of amides is 1. The standard InChI is InChI=1S/C19H31N3O3/c1-12(2)15-9-22(11-17(15)21-18(23)6-7-25-5)10-16-14(4)19(24)13(3)8-20-16/h8,12,15,17H,6-7,9-11H2,1-5H3,(H,20,24)(H,21,23). The second kappa shape index (κ2) is 8.63. The second-order valence-corrected chi connectivity index (χ2v) is 7.42. The highest BCUT2D eigenvalue weighted by molar-refractivity contribution is 5.76. The number of nitrogens with one attached hydrogen (secondary N) is 2. The Bertz CT molecular complexity index is 654. The van der Waals surface area contributed by atoms with Crippen molar-refractivity contribution in [1.29, 1.82) is 0 Å². The van der Waals surface area contributed by atoms with E-state index in [0.29, 0.717) is 31.4 Å². The van der Waals surface area contributed by atoms with E-state index in [0.717, 1.165) is 29.9 Å². The maximum atomic E-state index is 12.1. The van der Waals surface area contributed by atoms with Gasteiger partial charge in [0.25, 0.3) is 0 Å². The van der Waals surface area contributed by atoms with Crippen molar-refractivity contribution in [1.82, 2.24) is 15.2 Å². The number of aromatic nitrogens is 1. The van der Waals surface area contributed by atoms with E-state index in [4.69, 9.17) is 4.74 Å². The molecular formula is C19H31N3O3. The summed E-state index contributed by atoms with van der Waals surface area (Å²) in [6.07, 6.45) is 2.17. The van der Waals surface area contributed by atoms with Crippen molar-refractivity contribution in [2.45, 2.75) is 46.7 Å². The van der Waals surface area contributed by atoms with E-state index >= 15 is 0 Å². The molecule has 0 spiro atoms. The quantitative estimate of drug-likeness (QED) is 0.784. The van der Waals surface area contributed by atoms with E-state index in [9.17, 15) is 9.59 Å². The molecule has 0 bridgehead atoms. The molecule has 140 valence electrons. The Hall–Kier alpha value is -1.66. The summed E-state index contributed by atoms with van der Waals surface area (Å²) in [6.45, 7) is 11.0. The van der Waals surface area contributed by atoms with Crippen LogP contribution in [0.15, 0.2) is 11.0 Å². The molecule has 1 aromatic rings. The molecule has 25 heavy (non-hydrogen) atoms. The number of nitrogens with zero attached hydrogens (tertiary/aromatic N) is 1. The Balaban J connectivity index is 2.05. The van der Waals surface area contributed by atoms with Gasteiger partial charge in [0.15, 0.2) is 5.43 Å². The molecule has 2 heterocycles. The number of aromatic amines is 1. The van der Waals surface area contributed by atoms with Gasteiger partial charge in [-0.15, -0.1) is 0 Å². The van der Waals surface area contributed by atoms with E-state index in [1.165, 1.54) is 0 Å². The van der Waals surface area contributed by atoms with E-state index in [-0.39, 0.29) is 17.4 Å². The number of pyridine rings is 1. The first kappa shape index (κ1) is 19.7. The summed E-state index contributed by atoms with van der Waals surface area (Å²) in [5.74, 6) is 0.930. The topological polar surface area (TPSA) is 74.4 Å². The molecule has 1 fully saturated rings. The van der Waals surface area contributed by atoms with Crippen LogP contribution in [0, 0.1) is 25.7 Å². The predicted octanol–water partition coefficient (Wildman–Crippen LogP) is 1.60. The average Bonchev–Trinajstić information content (AvgIpc) is 2.96. The molecular weight excluding hydrogens is 318 g/mol. The molecule has 0 radical (unpaired) electrons. The van der Waals surface area contributed by atoms with Crippen molar-refractivity contribution in [3.8, 4) is 0 Å². The predicted molar refractivity (Wildman–Crippen MR) is 98.6 cm³/mol. The zero-order valence-electron chi connectivity index (χ0n) is 16.0. The molecule has 2 atom stereocenters. The van der Waals surface area contributed by atoms with Crippen molar-refractivity contribution in [2.24, 2.45) is 11.8 Å². The highest BCUT2D eigenvalue weighted by atomic mass is 16.5. The van der Waals surface area contributed by atoms with Crippen LogP contribution in [0.2, 0.25) is 0 Å². The zero-order chi connectivity index (χ0) is 18.6. The first-order chi connectivity index (χ1) is 11.8. The molecule has 1 saturated heterocycles. The molecule has 1 aromatic heterocycles. The van der Waals surface area contributed by atoms with Gasteiger partial charge < -0.3 is 15.0 Å². The third-order valence-electron chi connectivity index (χ3n) is 5.17. The molecule has 0 aliphatic carbocycles. The van der Waals surface area contributed by atoms with Crippen LogP contribution in [0.3, 0.4) is 0 Å². The van der Waals surface area contributed by atoms with Crippen LogP contribution >= 0.6 is 0 Å². The van der Waals surface area contributed by atoms with Gasteiger partial charge in [-0.05, 0) is 25.7 Å². The SMILES string of the molecule is COCCC(=O)NC1CN(Cc2[nH]cc(C)c(=O)c2C)CC1C(C)C.